The van der Waals surface area contributed by atoms with Gasteiger partial charge >= 0.3 is 0 Å². The first-order valence-electron chi connectivity index (χ1n) is 6.18. The quantitative estimate of drug-likeness (QED) is 0.865. The third-order valence-electron chi connectivity index (χ3n) is 2.77. The third kappa shape index (κ3) is 3.44. The highest BCUT2D eigenvalue weighted by molar-refractivity contribution is 5.53. The smallest absolute Gasteiger partial charge is 0.233 e. The van der Waals surface area contributed by atoms with Crippen LogP contribution in [0.5, 0.6) is 23.1 Å². The fourth-order valence-electron chi connectivity index (χ4n) is 1.78. The Kier molecular flexibility index (Phi) is 4.65. The highest BCUT2D eigenvalue weighted by Crippen LogP contribution is 2.38. The molecule has 21 heavy (non-hydrogen) atoms. The molecule has 2 rings (SSSR count). The van der Waals surface area contributed by atoms with Gasteiger partial charge in [-0.15, -0.1) is 10.2 Å². The summed E-state index contributed by atoms with van der Waals surface area (Å²) in [5.41, 5.74) is 6.32. The van der Waals surface area contributed by atoms with Crippen LogP contribution in [0.4, 0.5) is 5.82 Å². The molecule has 0 unspecified atom stereocenters. The van der Waals surface area contributed by atoms with Crippen molar-refractivity contribution in [2.75, 3.05) is 27.1 Å². The molecule has 0 atom stereocenters. The zero-order chi connectivity index (χ0) is 15.2. The Morgan fingerprint density at radius 3 is 2.10 bits per heavy atom. The van der Waals surface area contributed by atoms with Crippen LogP contribution in [0.15, 0.2) is 24.3 Å². The standard InChI is InChI=1S/C14H17N3O4/c1-18-10-6-9(7-11(19-2)14(10)20-3)8-21-13-5-4-12(15)16-17-13/h4-7H,8H2,1-3H3,(H2,15,16). The maximum absolute atomic E-state index is 5.54. The van der Waals surface area contributed by atoms with Gasteiger partial charge in [0.1, 0.15) is 12.4 Å². The lowest BCUT2D eigenvalue weighted by Crippen LogP contribution is -2.02. The van der Waals surface area contributed by atoms with E-state index in [1.807, 2.05) is 12.1 Å². The minimum Gasteiger partial charge on any atom is -0.493 e. The molecule has 0 amide bonds. The second kappa shape index (κ2) is 6.65. The number of aromatic nitrogens is 2. The molecule has 0 aliphatic carbocycles. The SMILES string of the molecule is COc1cc(COc2ccc(N)nn2)cc(OC)c1OC. The van der Waals surface area contributed by atoms with Crippen molar-refractivity contribution >= 4 is 5.82 Å². The van der Waals surface area contributed by atoms with Crippen LogP contribution in [-0.4, -0.2) is 31.5 Å². The van der Waals surface area contributed by atoms with E-state index in [9.17, 15) is 0 Å². The first-order valence-corrected chi connectivity index (χ1v) is 6.18. The zero-order valence-electron chi connectivity index (χ0n) is 12.1. The Hall–Kier alpha value is -2.70. The third-order valence-corrected chi connectivity index (χ3v) is 2.77. The average molecular weight is 291 g/mol. The van der Waals surface area contributed by atoms with Gasteiger partial charge in [-0.25, -0.2) is 0 Å². The summed E-state index contributed by atoms with van der Waals surface area (Å²) in [7, 11) is 4.68. The number of nitrogen functional groups attached to an aromatic ring is 1. The van der Waals surface area contributed by atoms with Crippen molar-refractivity contribution in [2.45, 2.75) is 6.61 Å². The van der Waals surface area contributed by atoms with Crippen LogP contribution in [0.1, 0.15) is 5.56 Å². The van der Waals surface area contributed by atoms with Crippen LogP contribution in [0.2, 0.25) is 0 Å². The molecular weight excluding hydrogens is 274 g/mol. The Morgan fingerprint density at radius 1 is 0.952 bits per heavy atom. The van der Waals surface area contributed by atoms with Crippen LogP contribution in [0, 0.1) is 0 Å². The van der Waals surface area contributed by atoms with Crippen molar-refractivity contribution in [3.05, 3.63) is 29.8 Å². The minimum absolute atomic E-state index is 0.287. The van der Waals surface area contributed by atoms with Crippen molar-refractivity contribution in [3.8, 4) is 23.1 Å². The Balaban J connectivity index is 2.18. The number of methoxy groups -OCH3 is 3. The normalized spacial score (nSPS) is 10.0. The molecule has 0 fully saturated rings. The summed E-state index contributed by atoms with van der Waals surface area (Å²) in [6.45, 7) is 0.287. The van der Waals surface area contributed by atoms with Gasteiger partial charge in [0, 0.05) is 6.07 Å². The van der Waals surface area contributed by atoms with E-state index < -0.39 is 0 Å². The molecule has 0 radical (unpaired) electrons. The summed E-state index contributed by atoms with van der Waals surface area (Å²) < 4.78 is 21.4. The second-order valence-electron chi connectivity index (χ2n) is 4.12. The predicted molar refractivity (Wildman–Crippen MR) is 76.9 cm³/mol. The van der Waals surface area contributed by atoms with Gasteiger partial charge in [0.15, 0.2) is 11.5 Å². The molecule has 0 saturated heterocycles. The summed E-state index contributed by atoms with van der Waals surface area (Å²) in [5.74, 6) is 2.40. The van der Waals surface area contributed by atoms with E-state index in [0.29, 0.717) is 28.9 Å². The number of anilines is 1. The average Bonchev–Trinajstić information content (AvgIpc) is 2.53. The van der Waals surface area contributed by atoms with Crippen molar-refractivity contribution in [2.24, 2.45) is 0 Å². The van der Waals surface area contributed by atoms with E-state index in [1.165, 1.54) is 0 Å². The molecule has 0 aliphatic rings. The maximum Gasteiger partial charge on any atom is 0.233 e. The molecule has 2 N–H and O–H groups in total. The zero-order valence-corrected chi connectivity index (χ0v) is 12.1. The summed E-state index contributed by atoms with van der Waals surface area (Å²) in [4.78, 5) is 0. The van der Waals surface area contributed by atoms with Crippen LogP contribution in [0.25, 0.3) is 0 Å². The van der Waals surface area contributed by atoms with Crippen LogP contribution in [-0.2, 0) is 6.61 Å². The van der Waals surface area contributed by atoms with Crippen LogP contribution in [0.3, 0.4) is 0 Å². The molecular formula is C14H17N3O4. The number of rotatable bonds is 6. The number of hydrogen-bond acceptors (Lipinski definition) is 7. The lowest BCUT2D eigenvalue weighted by Gasteiger charge is -2.14. The van der Waals surface area contributed by atoms with E-state index >= 15 is 0 Å². The van der Waals surface area contributed by atoms with Gasteiger partial charge < -0.3 is 24.7 Å². The molecule has 0 saturated carbocycles. The summed E-state index contributed by atoms with van der Waals surface area (Å²) >= 11 is 0. The molecule has 1 aromatic carbocycles. The molecule has 0 spiro atoms. The molecule has 1 aromatic heterocycles. The molecule has 112 valence electrons. The fourth-order valence-corrected chi connectivity index (χ4v) is 1.78. The number of benzene rings is 1. The maximum atomic E-state index is 5.54. The summed E-state index contributed by atoms with van der Waals surface area (Å²) in [5, 5.41) is 7.55. The molecule has 0 bridgehead atoms. The van der Waals surface area contributed by atoms with E-state index in [-0.39, 0.29) is 6.61 Å². The van der Waals surface area contributed by atoms with Gasteiger partial charge in [-0.3, -0.25) is 0 Å². The number of hydrogen-bond donors (Lipinski definition) is 1. The van der Waals surface area contributed by atoms with Gasteiger partial charge in [-0.1, -0.05) is 0 Å². The van der Waals surface area contributed by atoms with Crippen LogP contribution >= 0.6 is 0 Å². The Bertz CT molecular complexity index is 577. The summed E-state index contributed by atoms with van der Waals surface area (Å²) in [6, 6.07) is 6.90. The lowest BCUT2D eigenvalue weighted by molar-refractivity contribution is 0.285. The monoisotopic (exact) mass is 291 g/mol. The van der Waals surface area contributed by atoms with Gasteiger partial charge in [0.25, 0.3) is 0 Å². The molecule has 0 aliphatic heterocycles. The van der Waals surface area contributed by atoms with Gasteiger partial charge in [-0.2, -0.15) is 0 Å². The van der Waals surface area contributed by atoms with Crippen molar-refractivity contribution in [1.82, 2.24) is 10.2 Å². The fraction of sp³-hybridized carbons (Fsp3) is 0.286. The van der Waals surface area contributed by atoms with E-state index in [0.717, 1.165) is 5.56 Å². The Morgan fingerprint density at radius 2 is 1.62 bits per heavy atom. The van der Waals surface area contributed by atoms with Gasteiger partial charge in [0.2, 0.25) is 11.6 Å². The molecule has 2 aromatic rings. The van der Waals surface area contributed by atoms with Crippen molar-refractivity contribution in [1.29, 1.82) is 0 Å². The van der Waals surface area contributed by atoms with Crippen molar-refractivity contribution in [3.63, 3.8) is 0 Å². The lowest BCUT2D eigenvalue weighted by atomic mass is 10.2. The number of nitrogens with zero attached hydrogens (tertiary/aromatic N) is 2. The van der Waals surface area contributed by atoms with Crippen LogP contribution < -0.4 is 24.7 Å². The largest absolute Gasteiger partial charge is 0.493 e. The van der Waals surface area contributed by atoms with E-state index in [1.54, 1.807) is 33.5 Å². The highest BCUT2D eigenvalue weighted by Gasteiger charge is 2.13. The predicted octanol–water partition coefficient (Wildman–Crippen LogP) is 1.66. The minimum atomic E-state index is 0.287. The number of nitrogens with two attached hydrogens (primary N) is 1. The summed E-state index contributed by atoms with van der Waals surface area (Å²) in [6.07, 6.45) is 0. The molecule has 7 heteroatoms. The van der Waals surface area contributed by atoms with Gasteiger partial charge in [0.05, 0.1) is 21.3 Å². The Labute approximate surface area is 122 Å². The van der Waals surface area contributed by atoms with E-state index in [4.69, 9.17) is 24.7 Å². The van der Waals surface area contributed by atoms with Crippen molar-refractivity contribution < 1.29 is 18.9 Å². The molecule has 1 heterocycles. The topological polar surface area (TPSA) is 88.7 Å². The first kappa shape index (κ1) is 14.7. The van der Waals surface area contributed by atoms with E-state index in [2.05, 4.69) is 10.2 Å². The molecule has 7 nitrogen and oxygen atoms in total. The highest BCUT2D eigenvalue weighted by atomic mass is 16.5. The number of ether oxygens (including phenoxy) is 4. The first-order chi connectivity index (χ1) is 10.2. The second-order valence-corrected chi connectivity index (χ2v) is 4.12. The van der Waals surface area contributed by atoms with Gasteiger partial charge in [-0.05, 0) is 23.8 Å².